The monoisotopic (exact) mass is 444 g/mol. The number of hydrogen-bond donors (Lipinski definition) is 3. The number of H-pyrrole nitrogens is 1. The van der Waals surface area contributed by atoms with Crippen LogP contribution in [0.25, 0.3) is 0 Å². The Morgan fingerprint density at radius 3 is 2.97 bits per heavy atom. The molecule has 0 bridgehead atoms. The maximum Gasteiger partial charge on any atom is 0.307 e. The normalized spacial score (nSPS) is 14.2. The number of aliphatic carboxylic acids is 1. The van der Waals surface area contributed by atoms with Crippen molar-refractivity contribution in [2.24, 2.45) is 0 Å². The van der Waals surface area contributed by atoms with Crippen molar-refractivity contribution in [3.63, 3.8) is 0 Å². The predicted octanol–water partition coefficient (Wildman–Crippen LogP) is 2.40. The fourth-order valence-corrected chi connectivity index (χ4v) is 4.17. The molecule has 3 aromatic rings. The van der Waals surface area contributed by atoms with Crippen molar-refractivity contribution in [2.75, 3.05) is 22.5 Å². The Hall–Kier alpha value is -3.34. The molecule has 11 heteroatoms. The number of rotatable bonds is 7. The van der Waals surface area contributed by atoms with Crippen LogP contribution < -0.4 is 10.2 Å². The van der Waals surface area contributed by atoms with Crippen LogP contribution in [0.1, 0.15) is 23.7 Å². The number of nitrogens with one attached hydrogen (secondary N) is 2. The predicted molar refractivity (Wildman–Crippen MR) is 113 cm³/mol. The Labute approximate surface area is 180 Å². The molecule has 3 heterocycles. The number of hydrogen-bond acceptors (Lipinski definition) is 7. The Balaban J connectivity index is 1.63. The van der Waals surface area contributed by atoms with Gasteiger partial charge >= 0.3 is 5.97 Å². The minimum atomic E-state index is -1.33. The summed E-state index contributed by atoms with van der Waals surface area (Å²) in [5, 5.41) is 19.0. The molecule has 1 aliphatic heterocycles. The maximum absolute atomic E-state index is 14.3. The number of benzene rings is 1. The zero-order valence-corrected chi connectivity index (χ0v) is 17.6. The van der Waals surface area contributed by atoms with Crippen LogP contribution in [-0.2, 0) is 35.0 Å². The molecule has 9 nitrogen and oxygen atoms in total. The third-order valence-electron chi connectivity index (χ3n) is 5.00. The van der Waals surface area contributed by atoms with Gasteiger partial charge in [-0.15, -0.1) is 0 Å². The Bertz CT molecular complexity index is 1150. The SMILES string of the molecule is CCS(=O)c1cnc(N2CCc3cn[nH]c3C2)nc1Nc1ccc(CC(=O)O)c(F)c1. The molecule has 0 spiro atoms. The lowest BCUT2D eigenvalue weighted by Gasteiger charge is -2.27. The van der Waals surface area contributed by atoms with Crippen molar-refractivity contribution in [3.8, 4) is 0 Å². The zero-order chi connectivity index (χ0) is 22.0. The van der Waals surface area contributed by atoms with Crippen molar-refractivity contribution in [2.45, 2.75) is 31.2 Å². The lowest BCUT2D eigenvalue weighted by atomic mass is 10.1. The maximum atomic E-state index is 14.3. The Kier molecular flexibility index (Phi) is 5.94. The van der Waals surface area contributed by atoms with E-state index in [1.807, 2.05) is 11.1 Å². The Morgan fingerprint density at radius 2 is 2.23 bits per heavy atom. The first kappa shape index (κ1) is 20.9. The van der Waals surface area contributed by atoms with E-state index in [-0.39, 0.29) is 5.56 Å². The molecule has 2 aromatic heterocycles. The lowest BCUT2D eigenvalue weighted by molar-refractivity contribution is -0.136. The summed E-state index contributed by atoms with van der Waals surface area (Å²) in [6.45, 7) is 3.07. The third-order valence-corrected chi connectivity index (χ3v) is 6.31. The summed E-state index contributed by atoms with van der Waals surface area (Å²) in [6.07, 6.45) is 3.74. The van der Waals surface area contributed by atoms with Gasteiger partial charge in [0.05, 0.1) is 46.7 Å². The van der Waals surface area contributed by atoms with Gasteiger partial charge in [-0.1, -0.05) is 13.0 Å². The number of carboxylic acid groups (broad SMARTS) is 1. The van der Waals surface area contributed by atoms with Gasteiger partial charge in [-0.2, -0.15) is 10.1 Å². The van der Waals surface area contributed by atoms with E-state index in [0.717, 1.165) is 17.7 Å². The lowest BCUT2D eigenvalue weighted by Crippen LogP contribution is -2.31. The van der Waals surface area contributed by atoms with E-state index >= 15 is 0 Å². The molecular formula is C20H21FN6O3S. The number of aromatic amines is 1. The van der Waals surface area contributed by atoms with Gasteiger partial charge in [-0.05, 0) is 29.7 Å². The summed E-state index contributed by atoms with van der Waals surface area (Å²) in [5.74, 6) is -0.580. The Morgan fingerprint density at radius 1 is 1.39 bits per heavy atom. The second kappa shape index (κ2) is 8.80. The summed E-state index contributed by atoms with van der Waals surface area (Å²) in [5.41, 5.74) is 2.62. The first-order valence-electron chi connectivity index (χ1n) is 9.73. The summed E-state index contributed by atoms with van der Waals surface area (Å²) in [7, 11) is -1.33. The van der Waals surface area contributed by atoms with E-state index < -0.39 is 29.0 Å². The molecule has 0 aliphatic carbocycles. The number of fused-ring (bicyclic) bond motifs is 1. The molecule has 0 saturated heterocycles. The molecule has 1 atom stereocenters. The van der Waals surface area contributed by atoms with Gasteiger partial charge in [0.2, 0.25) is 5.95 Å². The smallest absolute Gasteiger partial charge is 0.307 e. The second-order valence-corrected chi connectivity index (χ2v) is 8.77. The molecule has 1 unspecified atom stereocenters. The van der Waals surface area contributed by atoms with Gasteiger partial charge < -0.3 is 15.3 Å². The molecule has 0 fully saturated rings. The van der Waals surface area contributed by atoms with Crippen molar-refractivity contribution in [1.29, 1.82) is 0 Å². The standard InChI is InChI=1S/C20H21FN6O3S/c1-2-31(30)17-10-22-20(27-6-5-13-9-23-26-16(13)11-27)25-19(17)24-14-4-3-12(7-18(28)29)15(21)8-14/h3-4,8-10H,2,5-7,11H2,1H3,(H,23,26)(H,28,29)(H,22,24,25). The van der Waals surface area contributed by atoms with E-state index in [0.29, 0.717) is 41.2 Å². The first-order chi connectivity index (χ1) is 14.9. The van der Waals surface area contributed by atoms with E-state index in [4.69, 9.17) is 5.11 Å². The van der Waals surface area contributed by atoms with Gasteiger partial charge in [0.1, 0.15) is 5.82 Å². The van der Waals surface area contributed by atoms with Crippen molar-refractivity contribution < 1.29 is 18.5 Å². The van der Waals surface area contributed by atoms with E-state index in [1.54, 1.807) is 13.0 Å². The largest absolute Gasteiger partial charge is 0.481 e. The van der Waals surface area contributed by atoms with Crippen LogP contribution in [0.4, 0.5) is 21.8 Å². The average Bonchev–Trinajstić information content (AvgIpc) is 3.23. The average molecular weight is 444 g/mol. The topological polar surface area (TPSA) is 124 Å². The van der Waals surface area contributed by atoms with Crippen LogP contribution >= 0.6 is 0 Å². The molecule has 0 amide bonds. The fourth-order valence-electron chi connectivity index (χ4n) is 3.38. The van der Waals surface area contributed by atoms with Crippen molar-refractivity contribution in [3.05, 3.63) is 53.2 Å². The molecule has 3 N–H and O–H groups in total. The van der Waals surface area contributed by atoms with Crippen LogP contribution in [0.3, 0.4) is 0 Å². The molecular weight excluding hydrogens is 423 g/mol. The first-order valence-corrected chi connectivity index (χ1v) is 11.0. The highest BCUT2D eigenvalue weighted by Crippen LogP contribution is 2.27. The fraction of sp³-hybridized carbons (Fsp3) is 0.300. The quantitative estimate of drug-likeness (QED) is 0.508. The van der Waals surface area contributed by atoms with Gasteiger partial charge in [0.25, 0.3) is 0 Å². The number of halogens is 1. The minimum Gasteiger partial charge on any atom is -0.481 e. The van der Waals surface area contributed by atoms with Crippen LogP contribution in [0, 0.1) is 5.82 Å². The zero-order valence-electron chi connectivity index (χ0n) is 16.8. The van der Waals surface area contributed by atoms with Crippen LogP contribution in [0.2, 0.25) is 0 Å². The van der Waals surface area contributed by atoms with Crippen LogP contribution in [0.15, 0.2) is 35.5 Å². The number of anilines is 3. The molecule has 1 aromatic carbocycles. The van der Waals surface area contributed by atoms with Crippen molar-refractivity contribution >= 4 is 34.2 Å². The molecule has 31 heavy (non-hydrogen) atoms. The number of nitrogens with zero attached hydrogens (tertiary/aromatic N) is 4. The van der Waals surface area contributed by atoms with Crippen LogP contribution in [0.5, 0.6) is 0 Å². The number of aromatic nitrogens is 4. The summed E-state index contributed by atoms with van der Waals surface area (Å²) < 4.78 is 26.8. The van der Waals surface area contributed by atoms with Crippen LogP contribution in [-0.4, -0.2) is 47.7 Å². The molecule has 4 rings (SSSR count). The highest BCUT2D eigenvalue weighted by atomic mass is 32.2. The van der Waals surface area contributed by atoms with Gasteiger partial charge in [-0.25, -0.2) is 9.37 Å². The summed E-state index contributed by atoms with van der Waals surface area (Å²) in [4.78, 5) is 22.2. The molecule has 162 valence electrons. The highest BCUT2D eigenvalue weighted by molar-refractivity contribution is 7.85. The third kappa shape index (κ3) is 4.55. The number of carbonyl (C=O) groups is 1. The van der Waals surface area contributed by atoms with Gasteiger partial charge in [0.15, 0.2) is 5.82 Å². The minimum absolute atomic E-state index is 0.0856. The van der Waals surface area contributed by atoms with E-state index in [9.17, 15) is 13.4 Å². The molecule has 0 radical (unpaired) electrons. The second-order valence-electron chi connectivity index (χ2n) is 7.06. The number of carboxylic acids is 1. The molecule has 0 saturated carbocycles. The molecule has 1 aliphatic rings. The highest BCUT2D eigenvalue weighted by Gasteiger charge is 2.22. The van der Waals surface area contributed by atoms with Gasteiger partial charge in [0, 0.05) is 18.0 Å². The van der Waals surface area contributed by atoms with Gasteiger partial charge in [-0.3, -0.25) is 14.1 Å². The summed E-state index contributed by atoms with van der Waals surface area (Å²) >= 11 is 0. The summed E-state index contributed by atoms with van der Waals surface area (Å²) in [6, 6.07) is 4.19. The van der Waals surface area contributed by atoms with E-state index in [1.165, 1.54) is 18.3 Å². The van der Waals surface area contributed by atoms with E-state index in [2.05, 4.69) is 25.5 Å². The van der Waals surface area contributed by atoms with Crippen molar-refractivity contribution in [1.82, 2.24) is 20.2 Å².